The van der Waals surface area contributed by atoms with E-state index in [1.807, 2.05) is 0 Å². The summed E-state index contributed by atoms with van der Waals surface area (Å²) < 4.78 is 6.00. The van der Waals surface area contributed by atoms with Crippen molar-refractivity contribution >= 4 is 15.9 Å². The van der Waals surface area contributed by atoms with Gasteiger partial charge in [-0.3, -0.25) is 0 Å². The Balaban J connectivity index is 1.65. The Labute approximate surface area is 112 Å². The first-order valence-electron chi connectivity index (χ1n) is 6.62. The van der Waals surface area contributed by atoms with Gasteiger partial charge in [-0.2, -0.15) is 0 Å². The molecule has 0 aromatic heterocycles. The Morgan fingerprint density at radius 1 is 1.12 bits per heavy atom. The molecule has 3 rings (SSSR count). The van der Waals surface area contributed by atoms with Crippen molar-refractivity contribution < 1.29 is 4.74 Å². The molecule has 0 unspecified atom stereocenters. The maximum Gasteiger partial charge on any atom is 0.119 e. The molecule has 1 aromatic rings. The van der Waals surface area contributed by atoms with Crippen molar-refractivity contribution in [3.8, 4) is 5.75 Å². The Bertz CT molecular complexity index is 404. The highest BCUT2D eigenvalue weighted by Gasteiger charge is 2.36. The summed E-state index contributed by atoms with van der Waals surface area (Å²) in [7, 11) is 0. The van der Waals surface area contributed by atoms with E-state index < -0.39 is 0 Å². The zero-order chi connectivity index (χ0) is 11.7. The van der Waals surface area contributed by atoms with Crippen LogP contribution in [-0.4, -0.2) is 11.9 Å². The molecule has 0 radical (unpaired) electrons. The molecule has 1 aromatic carbocycles. The lowest BCUT2D eigenvalue weighted by molar-refractivity contribution is 0.0838. The normalized spacial score (nSPS) is 20.8. The SMILES string of the molecule is BrCC1(COc2ccc3c(c2)CCC3)CCC1. The van der Waals surface area contributed by atoms with E-state index in [1.54, 1.807) is 0 Å². The topological polar surface area (TPSA) is 9.23 Å². The Morgan fingerprint density at radius 2 is 1.94 bits per heavy atom. The van der Waals surface area contributed by atoms with E-state index in [2.05, 4.69) is 34.1 Å². The summed E-state index contributed by atoms with van der Waals surface area (Å²) in [5, 5.41) is 1.07. The summed E-state index contributed by atoms with van der Waals surface area (Å²) in [6, 6.07) is 6.65. The van der Waals surface area contributed by atoms with Crippen LogP contribution in [0.4, 0.5) is 0 Å². The van der Waals surface area contributed by atoms with E-state index in [0.29, 0.717) is 5.41 Å². The zero-order valence-electron chi connectivity index (χ0n) is 10.2. The number of alkyl halides is 1. The fourth-order valence-corrected chi connectivity index (χ4v) is 3.59. The summed E-state index contributed by atoms with van der Waals surface area (Å²) in [5.41, 5.74) is 3.44. The number of ether oxygens (including phenoxy) is 1. The molecule has 0 bridgehead atoms. The predicted molar refractivity (Wildman–Crippen MR) is 74.0 cm³/mol. The van der Waals surface area contributed by atoms with E-state index in [-0.39, 0.29) is 0 Å². The number of hydrogen-bond donors (Lipinski definition) is 0. The standard InChI is InChI=1S/C15H19BrO/c16-10-15(7-2-8-15)11-17-14-6-5-12-3-1-4-13(12)9-14/h5-6,9H,1-4,7-8,10-11H2. The lowest BCUT2D eigenvalue weighted by atomic mass is 9.71. The first-order chi connectivity index (χ1) is 8.31. The Morgan fingerprint density at radius 3 is 2.65 bits per heavy atom. The van der Waals surface area contributed by atoms with Crippen molar-refractivity contribution in [3.63, 3.8) is 0 Å². The van der Waals surface area contributed by atoms with Gasteiger partial charge in [0.15, 0.2) is 0 Å². The van der Waals surface area contributed by atoms with Gasteiger partial charge >= 0.3 is 0 Å². The first kappa shape index (κ1) is 11.6. The monoisotopic (exact) mass is 294 g/mol. The quantitative estimate of drug-likeness (QED) is 0.759. The van der Waals surface area contributed by atoms with E-state index in [0.717, 1.165) is 17.7 Å². The van der Waals surface area contributed by atoms with Crippen LogP contribution in [0.3, 0.4) is 0 Å². The largest absolute Gasteiger partial charge is 0.493 e. The summed E-state index contributed by atoms with van der Waals surface area (Å²) in [4.78, 5) is 0. The maximum absolute atomic E-state index is 6.00. The van der Waals surface area contributed by atoms with Gasteiger partial charge < -0.3 is 4.74 Å². The van der Waals surface area contributed by atoms with E-state index in [9.17, 15) is 0 Å². The summed E-state index contributed by atoms with van der Waals surface area (Å²) >= 11 is 3.63. The van der Waals surface area contributed by atoms with Crippen LogP contribution < -0.4 is 4.74 Å². The van der Waals surface area contributed by atoms with Gasteiger partial charge in [0.2, 0.25) is 0 Å². The van der Waals surface area contributed by atoms with Crippen molar-refractivity contribution in [1.29, 1.82) is 0 Å². The lowest BCUT2D eigenvalue weighted by Crippen LogP contribution is -2.37. The molecule has 1 saturated carbocycles. The molecule has 0 amide bonds. The highest BCUT2D eigenvalue weighted by Crippen LogP contribution is 2.42. The molecule has 2 aliphatic rings. The third-order valence-electron chi connectivity index (χ3n) is 4.31. The molecule has 0 N–H and O–H groups in total. The van der Waals surface area contributed by atoms with Crippen molar-refractivity contribution in [3.05, 3.63) is 29.3 Å². The lowest BCUT2D eigenvalue weighted by Gasteiger charge is -2.40. The number of fused-ring (bicyclic) bond motifs is 1. The molecule has 1 nitrogen and oxygen atoms in total. The number of rotatable bonds is 4. The Kier molecular flexibility index (Phi) is 3.16. The third kappa shape index (κ3) is 2.24. The number of aryl methyl sites for hydroxylation is 2. The second-order valence-electron chi connectivity index (χ2n) is 5.56. The van der Waals surface area contributed by atoms with Gasteiger partial charge in [-0.1, -0.05) is 28.4 Å². The molecule has 2 aliphatic carbocycles. The van der Waals surface area contributed by atoms with Crippen molar-refractivity contribution in [2.45, 2.75) is 38.5 Å². The zero-order valence-corrected chi connectivity index (χ0v) is 11.8. The van der Waals surface area contributed by atoms with E-state index in [1.165, 1.54) is 49.7 Å². The number of benzene rings is 1. The van der Waals surface area contributed by atoms with Gasteiger partial charge in [0.25, 0.3) is 0 Å². The van der Waals surface area contributed by atoms with Crippen molar-refractivity contribution in [1.82, 2.24) is 0 Å². The molecule has 92 valence electrons. The fraction of sp³-hybridized carbons (Fsp3) is 0.600. The van der Waals surface area contributed by atoms with Gasteiger partial charge in [-0.15, -0.1) is 0 Å². The highest BCUT2D eigenvalue weighted by atomic mass is 79.9. The summed E-state index contributed by atoms with van der Waals surface area (Å²) in [6.45, 7) is 0.872. The number of hydrogen-bond acceptors (Lipinski definition) is 1. The summed E-state index contributed by atoms with van der Waals surface area (Å²) in [6.07, 6.45) is 7.77. The van der Waals surface area contributed by atoms with Gasteiger partial charge in [0.1, 0.15) is 5.75 Å². The molecule has 17 heavy (non-hydrogen) atoms. The fourth-order valence-electron chi connectivity index (χ4n) is 2.87. The minimum absolute atomic E-state index is 0.416. The molecule has 0 heterocycles. The van der Waals surface area contributed by atoms with Crippen LogP contribution in [0.15, 0.2) is 18.2 Å². The molecule has 0 aliphatic heterocycles. The second-order valence-corrected chi connectivity index (χ2v) is 6.12. The molecule has 0 spiro atoms. The van der Waals surface area contributed by atoms with Crippen LogP contribution in [0.2, 0.25) is 0 Å². The van der Waals surface area contributed by atoms with Crippen LogP contribution in [0.25, 0.3) is 0 Å². The van der Waals surface area contributed by atoms with Crippen LogP contribution in [-0.2, 0) is 12.8 Å². The van der Waals surface area contributed by atoms with Gasteiger partial charge in [0.05, 0.1) is 6.61 Å². The minimum atomic E-state index is 0.416. The molecule has 2 heteroatoms. The molecule has 1 fully saturated rings. The second kappa shape index (κ2) is 4.64. The van der Waals surface area contributed by atoms with Crippen LogP contribution in [0.1, 0.15) is 36.8 Å². The predicted octanol–water partition coefficient (Wildman–Crippen LogP) is 4.12. The van der Waals surface area contributed by atoms with E-state index >= 15 is 0 Å². The average Bonchev–Trinajstić information content (AvgIpc) is 2.75. The third-order valence-corrected chi connectivity index (χ3v) is 5.50. The molecular weight excluding hydrogens is 276 g/mol. The van der Waals surface area contributed by atoms with Gasteiger partial charge in [0, 0.05) is 10.7 Å². The maximum atomic E-state index is 6.00. The molecular formula is C15H19BrO. The van der Waals surface area contributed by atoms with Crippen molar-refractivity contribution in [2.24, 2.45) is 5.41 Å². The molecule has 0 saturated heterocycles. The van der Waals surface area contributed by atoms with Crippen LogP contribution in [0.5, 0.6) is 5.75 Å². The van der Waals surface area contributed by atoms with Gasteiger partial charge in [-0.05, 0) is 55.4 Å². The van der Waals surface area contributed by atoms with Crippen LogP contribution in [0, 0.1) is 5.41 Å². The highest BCUT2D eigenvalue weighted by molar-refractivity contribution is 9.09. The Hall–Kier alpha value is -0.500. The van der Waals surface area contributed by atoms with Gasteiger partial charge in [-0.25, -0.2) is 0 Å². The van der Waals surface area contributed by atoms with Crippen molar-refractivity contribution in [2.75, 3.05) is 11.9 Å². The minimum Gasteiger partial charge on any atom is -0.493 e. The summed E-state index contributed by atoms with van der Waals surface area (Å²) in [5.74, 6) is 1.07. The smallest absolute Gasteiger partial charge is 0.119 e. The van der Waals surface area contributed by atoms with Crippen LogP contribution >= 0.6 is 15.9 Å². The number of halogens is 1. The van der Waals surface area contributed by atoms with E-state index in [4.69, 9.17) is 4.74 Å². The average molecular weight is 295 g/mol. The first-order valence-corrected chi connectivity index (χ1v) is 7.74. The molecule has 0 atom stereocenters.